The van der Waals surface area contributed by atoms with E-state index in [4.69, 9.17) is 4.99 Å². The van der Waals surface area contributed by atoms with Crippen LogP contribution in [0.1, 0.15) is 38.7 Å². The number of hydrogen-bond donors (Lipinski definition) is 1. The van der Waals surface area contributed by atoms with Crippen LogP contribution in [0.2, 0.25) is 0 Å². The smallest absolute Gasteiger partial charge is 0.193 e. The zero-order chi connectivity index (χ0) is 18.1. The number of aliphatic imine (C=N–C) groups is 1. The number of guanidine groups is 1. The summed E-state index contributed by atoms with van der Waals surface area (Å²) >= 11 is 0. The number of benzene rings is 1. The van der Waals surface area contributed by atoms with Crippen LogP contribution in [-0.2, 0) is 6.54 Å². The fourth-order valence-electron chi connectivity index (χ4n) is 3.33. The molecule has 0 spiro atoms. The monoisotopic (exact) mass is 348 g/mol. The lowest BCUT2D eigenvalue weighted by Crippen LogP contribution is -2.39. The Labute approximate surface area is 152 Å². The van der Waals surface area contributed by atoms with Crippen molar-refractivity contribution in [2.75, 3.05) is 39.8 Å². The molecule has 1 aromatic rings. The molecule has 25 heavy (non-hydrogen) atoms. The third-order valence-electron chi connectivity index (χ3n) is 4.78. The summed E-state index contributed by atoms with van der Waals surface area (Å²) in [4.78, 5) is 9.54. The molecule has 0 unspecified atom stereocenters. The van der Waals surface area contributed by atoms with Gasteiger partial charge >= 0.3 is 0 Å². The molecule has 1 aliphatic heterocycles. The highest BCUT2D eigenvalue weighted by Crippen LogP contribution is 2.17. The zero-order valence-electron chi connectivity index (χ0n) is 16.0. The number of piperidine rings is 1. The molecular weight excluding hydrogens is 315 g/mol. The van der Waals surface area contributed by atoms with Gasteiger partial charge in [0.25, 0.3) is 0 Å². The first-order chi connectivity index (χ1) is 12.1. The fourth-order valence-corrected chi connectivity index (χ4v) is 3.33. The van der Waals surface area contributed by atoms with E-state index in [-0.39, 0.29) is 5.82 Å². The molecule has 140 valence electrons. The zero-order valence-corrected chi connectivity index (χ0v) is 16.0. The van der Waals surface area contributed by atoms with Gasteiger partial charge in [0.2, 0.25) is 0 Å². The van der Waals surface area contributed by atoms with Crippen molar-refractivity contribution in [3.05, 3.63) is 35.6 Å². The van der Waals surface area contributed by atoms with Gasteiger partial charge in [0, 0.05) is 26.7 Å². The van der Waals surface area contributed by atoms with Crippen LogP contribution in [0.15, 0.2) is 29.3 Å². The largest absolute Gasteiger partial charge is 0.357 e. The van der Waals surface area contributed by atoms with E-state index in [2.05, 4.69) is 29.0 Å². The normalized spacial score (nSPS) is 16.9. The molecule has 0 aliphatic carbocycles. The second-order valence-electron chi connectivity index (χ2n) is 6.96. The molecule has 0 saturated carbocycles. The van der Waals surface area contributed by atoms with Gasteiger partial charge in [-0.1, -0.05) is 19.1 Å². The maximum Gasteiger partial charge on any atom is 0.193 e. The summed E-state index contributed by atoms with van der Waals surface area (Å²) in [6.07, 6.45) is 3.72. The molecule has 2 rings (SSSR count). The minimum atomic E-state index is -0.193. The van der Waals surface area contributed by atoms with E-state index in [1.165, 1.54) is 51.0 Å². The van der Waals surface area contributed by atoms with Gasteiger partial charge in [-0.3, -0.25) is 4.99 Å². The molecule has 1 heterocycles. The van der Waals surface area contributed by atoms with Gasteiger partial charge in [-0.2, -0.15) is 0 Å². The third-order valence-corrected chi connectivity index (χ3v) is 4.78. The molecule has 5 heteroatoms. The van der Waals surface area contributed by atoms with Gasteiger partial charge in [0.15, 0.2) is 5.96 Å². The summed E-state index contributed by atoms with van der Waals surface area (Å²) < 4.78 is 13.1. The second kappa shape index (κ2) is 10.4. The molecule has 0 amide bonds. The fraction of sp³-hybridized carbons (Fsp3) is 0.650. The Balaban J connectivity index is 1.88. The van der Waals surface area contributed by atoms with E-state index < -0.39 is 0 Å². The van der Waals surface area contributed by atoms with Crippen molar-refractivity contribution in [1.82, 2.24) is 15.1 Å². The van der Waals surface area contributed by atoms with Crippen molar-refractivity contribution in [3.63, 3.8) is 0 Å². The predicted molar refractivity (Wildman–Crippen MR) is 103 cm³/mol. The maximum atomic E-state index is 13.1. The van der Waals surface area contributed by atoms with Gasteiger partial charge in [0.05, 0.1) is 0 Å². The Morgan fingerprint density at radius 2 is 1.92 bits per heavy atom. The Morgan fingerprint density at radius 3 is 2.52 bits per heavy atom. The highest BCUT2D eigenvalue weighted by Gasteiger charge is 2.18. The maximum absolute atomic E-state index is 13.1. The molecule has 0 atom stereocenters. The molecule has 4 nitrogen and oxygen atoms in total. The molecule has 0 bridgehead atoms. The van der Waals surface area contributed by atoms with Gasteiger partial charge < -0.3 is 15.1 Å². The van der Waals surface area contributed by atoms with E-state index in [0.717, 1.165) is 31.2 Å². The molecule has 1 N–H and O–H groups in total. The van der Waals surface area contributed by atoms with E-state index in [1.807, 2.05) is 19.2 Å². The van der Waals surface area contributed by atoms with Crippen LogP contribution >= 0.6 is 0 Å². The first-order valence-electron chi connectivity index (χ1n) is 9.58. The van der Waals surface area contributed by atoms with Gasteiger partial charge in [-0.05, 0) is 69.4 Å². The first-order valence-corrected chi connectivity index (χ1v) is 9.58. The second-order valence-corrected chi connectivity index (χ2v) is 6.96. The highest BCUT2D eigenvalue weighted by molar-refractivity contribution is 5.79. The molecule has 1 saturated heterocycles. The SMILES string of the molecule is CCCN1CCC(CN=C(NCC)N(C)Cc2ccc(F)cc2)CC1. The molecule has 1 fully saturated rings. The van der Waals surface area contributed by atoms with E-state index >= 15 is 0 Å². The minimum Gasteiger partial charge on any atom is -0.357 e. The van der Waals surface area contributed by atoms with Crippen LogP contribution in [0.4, 0.5) is 4.39 Å². The van der Waals surface area contributed by atoms with E-state index in [1.54, 1.807) is 0 Å². The van der Waals surface area contributed by atoms with Crippen LogP contribution in [-0.4, -0.2) is 55.5 Å². The molecule has 0 radical (unpaired) electrons. The standard InChI is InChI=1S/C20H33FN4/c1-4-12-25-13-10-17(11-14-25)15-23-20(22-5-2)24(3)16-18-6-8-19(21)9-7-18/h6-9,17H,4-5,10-16H2,1-3H3,(H,22,23). The summed E-state index contributed by atoms with van der Waals surface area (Å²) in [5, 5.41) is 3.37. The lowest BCUT2D eigenvalue weighted by atomic mass is 9.97. The molecule has 1 aliphatic rings. The third kappa shape index (κ3) is 6.65. The number of hydrogen-bond acceptors (Lipinski definition) is 2. The van der Waals surface area contributed by atoms with Gasteiger partial charge in [-0.15, -0.1) is 0 Å². The highest BCUT2D eigenvalue weighted by atomic mass is 19.1. The van der Waals surface area contributed by atoms with Crippen molar-refractivity contribution in [1.29, 1.82) is 0 Å². The Kier molecular flexibility index (Phi) is 8.19. The average Bonchev–Trinajstić information content (AvgIpc) is 2.62. The van der Waals surface area contributed by atoms with Crippen LogP contribution in [0.25, 0.3) is 0 Å². The van der Waals surface area contributed by atoms with E-state index in [0.29, 0.717) is 5.92 Å². The number of rotatable bonds is 7. The van der Waals surface area contributed by atoms with Crippen molar-refractivity contribution < 1.29 is 4.39 Å². The Morgan fingerprint density at radius 1 is 1.24 bits per heavy atom. The van der Waals surface area contributed by atoms with Gasteiger partial charge in [-0.25, -0.2) is 4.39 Å². The lowest BCUT2D eigenvalue weighted by molar-refractivity contribution is 0.188. The summed E-state index contributed by atoms with van der Waals surface area (Å²) in [6.45, 7) is 10.4. The van der Waals surface area contributed by atoms with Crippen LogP contribution < -0.4 is 5.32 Å². The van der Waals surface area contributed by atoms with Crippen molar-refractivity contribution in [2.45, 2.75) is 39.7 Å². The topological polar surface area (TPSA) is 30.9 Å². The predicted octanol–water partition coefficient (Wildman–Crippen LogP) is 3.35. The Bertz CT molecular complexity index is 521. The van der Waals surface area contributed by atoms with Crippen molar-refractivity contribution in [3.8, 4) is 0 Å². The summed E-state index contributed by atoms with van der Waals surface area (Å²) in [5.41, 5.74) is 1.09. The first kappa shape index (κ1) is 19.7. The van der Waals surface area contributed by atoms with Crippen molar-refractivity contribution in [2.24, 2.45) is 10.9 Å². The lowest BCUT2D eigenvalue weighted by Gasteiger charge is -2.31. The summed E-state index contributed by atoms with van der Waals surface area (Å²) in [7, 11) is 2.04. The molecule has 0 aromatic heterocycles. The van der Waals surface area contributed by atoms with Crippen molar-refractivity contribution >= 4 is 5.96 Å². The Hall–Kier alpha value is -1.62. The summed E-state index contributed by atoms with van der Waals surface area (Å²) in [6, 6.07) is 6.69. The number of halogens is 1. The average molecular weight is 349 g/mol. The number of nitrogens with one attached hydrogen (secondary N) is 1. The minimum absolute atomic E-state index is 0.193. The van der Waals surface area contributed by atoms with E-state index in [9.17, 15) is 4.39 Å². The van der Waals surface area contributed by atoms with Gasteiger partial charge in [0.1, 0.15) is 5.82 Å². The quantitative estimate of drug-likeness (QED) is 0.606. The number of nitrogens with zero attached hydrogens (tertiary/aromatic N) is 3. The molecule has 1 aromatic carbocycles. The number of likely N-dealkylation sites (tertiary alicyclic amines) is 1. The molecular formula is C20H33FN4. The van der Waals surface area contributed by atoms with Crippen LogP contribution in [0.5, 0.6) is 0 Å². The van der Waals surface area contributed by atoms with Crippen LogP contribution in [0.3, 0.4) is 0 Å². The summed E-state index contributed by atoms with van der Waals surface area (Å²) in [5.74, 6) is 1.42. The van der Waals surface area contributed by atoms with Crippen LogP contribution in [0, 0.1) is 11.7 Å².